The molecule has 1 aromatic heterocycles. The average molecular weight is 241 g/mol. The van der Waals surface area contributed by atoms with Gasteiger partial charge in [0.1, 0.15) is 5.82 Å². The molecule has 5 heteroatoms. The zero-order valence-corrected chi connectivity index (χ0v) is 10.7. The van der Waals surface area contributed by atoms with E-state index in [0.29, 0.717) is 18.6 Å². The minimum absolute atomic E-state index is 0.342. The van der Waals surface area contributed by atoms with Crippen molar-refractivity contribution in [1.29, 1.82) is 0 Å². The lowest BCUT2D eigenvalue weighted by Gasteiger charge is -2.33. The van der Waals surface area contributed by atoms with E-state index in [-0.39, 0.29) is 0 Å². The first-order valence-electron chi connectivity index (χ1n) is 5.84. The van der Waals surface area contributed by atoms with Crippen LogP contribution in [-0.4, -0.2) is 34.2 Å². The van der Waals surface area contributed by atoms with Crippen molar-refractivity contribution in [3.8, 4) is 0 Å². The van der Waals surface area contributed by atoms with E-state index in [4.69, 9.17) is 5.11 Å². The van der Waals surface area contributed by atoms with Crippen molar-refractivity contribution >= 4 is 16.7 Å². The molecule has 0 spiro atoms. The standard InChI is InChI=1S/C11H19N3OS/c1-8-12-11(16-13-8)14(2)10-5-3-9(7-15)4-6-10/h9-10,15H,3-7H2,1-2H3. The van der Waals surface area contributed by atoms with E-state index in [1.165, 1.54) is 11.5 Å². The van der Waals surface area contributed by atoms with Gasteiger partial charge in [-0.1, -0.05) is 0 Å². The zero-order valence-electron chi connectivity index (χ0n) is 9.89. The van der Waals surface area contributed by atoms with Gasteiger partial charge >= 0.3 is 0 Å². The second-order valence-corrected chi connectivity index (χ2v) is 5.32. The molecule has 1 N–H and O–H groups in total. The minimum Gasteiger partial charge on any atom is -0.396 e. The molecule has 90 valence electrons. The Kier molecular flexibility index (Phi) is 3.76. The summed E-state index contributed by atoms with van der Waals surface area (Å²) in [5.41, 5.74) is 0. The van der Waals surface area contributed by atoms with Crippen molar-refractivity contribution in [2.45, 2.75) is 38.6 Å². The van der Waals surface area contributed by atoms with Crippen LogP contribution in [0.2, 0.25) is 0 Å². The lowest BCUT2D eigenvalue weighted by molar-refractivity contribution is 0.182. The number of hydrogen-bond acceptors (Lipinski definition) is 5. The topological polar surface area (TPSA) is 49.2 Å². The highest BCUT2D eigenvalue weighted by molar-refractivity contribution is 7.09. The molecule has 0 bridgehead atoms. The fourth-order valence-corrected chi connectivity index (χ4v) is 3.01. The Hall–Kier alpha value is -0.680. The third-order valence-corrected chi connectivity index (χ3v) is 4.34. The molecule has 4 nitrogen and oxygen atoms in total. The molecule has 0 saturated heterocycles. The molecule has 1 aliphatic rings. The second kappa shape index (κ2) is 5.10. The summed E-state index contributed by atoms with van der Waals surface area (Å²) >= 11 is 1.47. The lowest BCUT2D eigenvalue weighted by Crippen LogP contribution is -2.35. The Balaban J connectivity index is 1.93. The SMILES string of the molecule is Cc1nsc(N(C)C2CCC(CO)CC2)n1. The Labute approximate surface area is 100 Å². The van der Waals surface area contributed by atoms with E-state index < -0.39 is 0 Å². The van der Waals surface area contributed by atoms with Crippen LogP contribution in [0.3, 0.4) is 0 Å². The Morgan fingerprint density at radius 2 is 2.06 bits per heavy atom. The highest BCUT2D eigenvalue weighted by atomic mass is 32.1. The summed E-state index contributed by atoms with van der Waals surface area (Å²) in [4.78, 5) is 6.66. The normalized spacial score (nSPS) is 25.7. The quantitative estimate of drug-likeness (QED) is 0.877. The van der Waals surface area contributed by atoms with Crippen LogP contribution in [0.15, 0.2) is 0 Å². The maximum Gasteiger partial charge on any atom is 0.205 e. The lowest BCUT2D eigenvalue weighted by atomic mass is 9.86. The van der Waals surface area contributed by atoms with Crippen LogP contribution in [0.5, 0.6) is 0 Å². The van der Waals surface area contributed by atoms with Crippen molar-refractivity contribution in [3.63, 3.8) is 0 Å². The number of anilines is 1. The first-order valence-corrected chi connectivity index (χ1v) is 6.62. The first kappa shape index (κ1) is 11.8. The molecule has 1 fully saturated rings. The number of aliphatic hydroxyl groups is 1. The van der Waals surface area contributed by atoms with E-state index in [1.807, 2.05) is 6.92 Å². The largest absolute Gasteiger partial charge is 0.396 e. The maximum absolute atomic E-state index is 9.10. The Morgan fingerprint density at radius 1 is 1.38 bits per heavy atom. The summed E-state index contributed by atoms with van der Waals surface area (Å²) in [7, 11) is 2.10. The van der Waals surface area contributed by atoms with Crippen molar-refractivity contribution in [2.24, 2.45) is 5.92 Å². The van der Waals surface area contributed by atoms with Crippen molar-refractivity contribution in [2.75, 3.05) is 18.6 Å². The van der Waals surface area contributed by atoms with Gasteiger partial charge in [0.25, 0.3) is 0 Å². The van der Waals surface area contributed by atoms with Crippen LogP contribution < -0.4 is 4.90 Å². The molecule has 0 radical (unpaired) electrons. The minimum atomic E-state index is 0.342. The van der Waals surface area contributed by atoms with Crippen LogP contribution in [0.25, 0.3) is 0 Å². The third kappa shape index (κ3) is 2.52. The Morgan fingerprint density at radius 3 is 2.56 bits per heavy atom. The number of aromatic nitrogens is 2. The van der Waals surface area contributed by atoms with Gasteiger partial charge in [0.2, 0.25) is 5.13 Å². The highest BCUT2D eigenvalue weighted by Crippen LogP contribution is 2.29. The molecule has 0 aromatic carbocycles. The number of aliphatic hydroxyl groups excluding tert-OH is 1. The molecule has 0 amide bonds. The van der Waals surface area contributed by atoms with Crippen molar-refractivity contribution < 1.29 is 5.11 Å². The van der Waals surface area contributed by atoms with Crippen molar-refractivity contribution in [1.82, 2.24) is 9.36 Å². The molecular weight excluding hydrogens is 222 g/mol. The van der Waals surface area contributed by atoms with Gasteiger partial charge in [0.05, 0.1) is 0 Å². The highest BCUT2D eigenvalue weighted by Gasteiger charge is 2.25. The van der Waals surface area contributed by atoms with Crippen LogP contribution >= 0.6 is 11.5 Å². The number of aryl methyl sites for hydroxylation is 1. The van der Waals surface area contributed by atoms with E-state index in [9.17, 15) is 0 Å². The van der Waals surface area contributed by atoms with E-state index in [1.54, 1.807) is 0 Å². The van der Waals surface area contributed by atoms with Gasteiger partial charge in [0, 0.05) is 31.2 Å². The van der Waals surface area contributed by atoms with Gasteiger partial charge in [-0.25, -0.2) is 4.98 Å². The van der Waals surface area contributed by atoms with E-state index in [2.05, 4.69) is 21.3 Å². The summed E-state index contributed by atoms with van der Waals surface area (Å²) in [5, 5.41) is 10.1. The van der Waals surface area contributed by atoms with Gasteiger partial charge in [-0.2, -0.15) is 4.37 Å². The molecule has 0 aliphatic heterocycles. The number of hydrogen-bond donors (Lipinski definition) is 1. The van der Waals surface area contributed by atoms with E-state index in [0.717, 1.165) is 36.6 Å². The summed E-state index contributed by atoms with van der Waals surface area (Å²) < 4.78 is 4.21. The fourth-order valence-electron chi connectivity index (χ4n) is 2.30. The molecule has 1 aromatic rings. The molecule has 0 unspecified atom stereocenters. The summed E-state index contributed by atoms with van der Waals surface area (Å²) in [6, 6.07) is 0.565. The molecule has 0 atom stereocenters. The van der Waals surface area contributed by atoms with E-state index >= 15 is 0 Å². The van der Waals surface area contributed by atoms with Gasteiger partial charge in [-0.15, -0.1) is 0 Å². The molecule has 1 aliphatic carbocycles. The van der Waals surface area contributed by atoms with Crippen LogP contribution in [-0.2, 0) is 0 Å². The van der Waals surface area contributed by atoms with Crippen LogP contribution in [0, 0.1) is 12.8 Å². The molecule has 1 heterocycles. The smallest absolute Gasteiger partial charge is 0.205 e. The van der Waals surface area contributed by atoms with Gasteiger partial charge in [-0.3, -0.25) is 0 Å². The zero-order chi connectivity index (χ0) is 11.5. The summed E-state index contributed by atoms with van der Waals surface area (Å²) in [6.45, 7) is 2.27. The first-order chi connectivity index (χ1) is 7.70. The molecular formula is C11H19N3OS. The molecule has 2 rings (SSSR count). The average Bonchev–Trinajstić information content (AvgIpc) is 2.75. The number of rotatable bonds is 3. The van der Waals surface area contributed by atoms with Crippen molar-refractivity contribution in [3.05, 3.63) is 5.82 Å². The predicted molar refractivity (Wildman–Crippen MR) is 65.9 cm³/mol. The van der Waals surface area contributed by atoms with Gasteiger partial charge in [0.15, 0.2) is 0 Å². The summed E-state index contributed by atoms with van der Waals surface area (Å²) in [5.74, 6) is 1.37. The molecule has 1 saturated carbocycles. The number of nitrogens with zero attached hydrogens (tertiary/aromatic N) is 3. The van der Waals surface area contributed by atoms with Crippen LogP contribution in [0.4, 0.5) is 5.13 Å². The maximum atomic E-state index is 9.10. The predicted octanol–water partition coefficient (Wildman–Crippen LogP) is 1.83. The van der Waals surface area contributed by atoms with Crippen LogP contribution in [0.1, 0.15) is 31.5 Å². The molecule has 16 heavy (non-hydrogen) atoms. The monoisotopic (exact) mass is 241 g/mol. The third-order valence-electron chi connectivity index (χ3n) is 3.44. The fraction of sp³-hybridized carbons (Fsp3) is 0.818. The Bertz CT molecular complexity index is 334. The van der Waals surface area contributed by atoms with Gasteiger partial charge in [-0.05, 0) is 38.5 Å². The second-order valence-electron chi connectivity index (χ2n) is 4.59. The van der Waals surface area contributed by atoms with Gasteiger partial charge < -0.3 is 10.0 Å². The summed E-state index contributed by atoms with van der Waals surface area (Å²) in [6.07, 6.45) is 4.56.